The fourth-order valence-electron chi connectivity index (χ4n) is 2.47. The van der Waals surface area contributed by atoms with Crippen molar-refractivity contribution in [2.24, 2.45) is 0 Å². The van der Waals surface area contributed by atoms with Crippen molar-refractivity contribution < 1.29 is 10.2 Å². The van der Waals surface area contributed by atoms with E-state index in [1.807, 2.05) is 26.0 Å². The number of nitrogens with zero attached hydrogens (tertiary/aromatic N) is 2. The molecule has 128 valence electrons. The number of aliphatic hydroxyl groups excluding tert-OH is 2. The van der Waals surface area contributed by atoms with Gasteiger partial charge in [-0.05, 0) is 31.5 Å². The van der Waals surface area contributed by atoms with Crippen molar-refractivity contribution in [3.8, 4) is 0 Å². The molecule has 1 unspecified atom stereocenters. The van der Waals surface area contributed by atoms with Crippen LogP contribution < -0.4 is 5.32 Å². The maximum atomic E-state index is 10.2. The third-order valence-electron chi connectivity index (χ3n) is 3.72. The van der Waals surface area contributed by atoms with Gasteiger partial charge in [0.1, 0.15) is 0 Å². The Morgan fingerprint density at radius 2 is 2.09 bits per heavy atom. The summed E-state index contributed by atoms with van der Waals surface area (Å²) in [5.41, 5.74) is 3.88. The SMILES string of the molecule is Cc1nn(CCO)c(C)c1CNCC(O)c1cccc(Cl)c1.Cl. The number of aromatic nitrogens is 2. The molecule has 23 heavy (non-hydrogen) atoms. The lowest BCUT2D eigenvalue weighted by Gasteiger charge is -2.13. The minimum absolute atomic E-state index is 0. The molecule has 1 heterocycles. The van der Waals surface area contributed by atoms with Gasteiger partial charge in [0.2, 0.25) is 0 Å². The lowest BCUT2D eigenvalue weighted by molar-refractivity contribution is 0.174. The summed E-state index contributed by atoms with van der Waals surface area (Å²) >= 11 is 5.93. The number of benzene rings is 1. The van der Waals surface area contributed by atoms with Gasteiger partial charge in [0.05, 0.1) is 24.9 Å². The first-order valence-electron chi connectivity index (χ1n) is 7.31. The third kappa shape index (κ3) is 5.19. The Balaban J connectivity index is 0.00000264. The molecule has 3 N–H and O–H groups in total. The highest BCUT2D eigenvalue weighted by Gasteiger charge is 2.12. The van der Waals surface area contributed by atoms with Crippen LogP contribution in [0.2, 0.25) is 5.02 Å². The van der Waals surface area contributed by atoms with Gasteiger partial charge in [0, 0.05) is 29.4 Å². The Morgan fingerprint density at radius 3 is 2.74 bits per heavy atom. The van der Waals surface area contributed by atoms with E-state index in [-0.39, 0.29) is 19.0 Å². The van der Waals surface area contributed by atoms with Gasteiger partial charge in [0.15, 0.2) is 0 Å². The molecule has 7 heteroatoms. The first kappa shape index (κ1) is 19.9. The third-order valence-corrected chi connectivity index (χ3v) is 3.95. The van der Waals surface area contributed by atoms with Crippen LogP contribution in [0, 0.1) is 13.8 Å². The molecule has 0 aliphatic carbocycles. The zero-order valence-electron chi connectivity index (χ0n) is 13.3. The van der Waals surface area contributed by atoms with Gasteiger partial charge in [-0.25, -0.2) is 0 Å². The van der Waals surface area contributed by atoms with E-state index >= 15 is 0 Å². The van der Waals surface area contributed by atoms with E-state index in [9.17, 15) is 5.11 Å². The van der Waals surface area contributed by atoms with Crippen LogP contribution in [0.4, 0.5) is 0 Å². The molecule has 0 saturated carbocycles. The predicted molar refractivity (Wildman–Crippen MR) is 94.2 cm³/mol. The summed E-state index contributed by atoms with van der Waals surface area (Å²) in [5.74, 6) is 0. The molecule has 0 aliphatic heterocycles. The lowest BCUT2D eigenvalue weighted by Crippen LogP contribution is -2.21. The van der Waals surface area contributed by atoms with Gasteiger partial charge >= 0.3 is 0 Å². The summed E-state index contributed by atoms with van der Waals surface area (Å²) in [5, 5.41) is 27.5. The molecule has 1 aromatic carbocycles. The fourth-order valence-corrected chi connectivity index (χ4v) is 2.67. The Hall–Kier alpha value is -1.11. The molecule has 0 fully saturated rings. The zero-order chi connectivity index (χ0) is 16.1. The molecule has 0 spiro atoms. The normalized spacial score (nSPS) is 12.0. The highest BCUT2D eigenvalue weighted by Crippen LogP contribution is 2.18. The van der Waals surface area contributed by atoms with E-state index in [0.717, 1.165) is 22.5 Å². The number of aliphatic hydroxyl groups is 2. The molecule has 0 aliphatic rings. The van der Waals surface area contributed by atoms with E-state index in [1.165, 1.54) is 0 Å². The van der Waals surface area contributed by atoms with E-state index < -0.39 is 6.10 Å². The number of aryl methyl sites for hydroxylation is 1. The van der Waals surface area contributed by atoms with Gasteiger partial charge < -0.3 is 15.5 Å². The molecular formula is C16H23Cl2N3O2. The molecule has 2 aromatic rings. The second-order valence-electron chi connectivity index (χ2n) is 5.30. The summed E-state index contributed by atoms with van der Waals surface area (Å²) in [6.45, 7) is 5.57. The van der Waals surface area contributed by atoms with Crippen LogP contribution in [-0.4, -0.2) is 33.1 Å². The van der Waals surface area contributed by atoms with Crippen LogP contribution in [0.15, 0.2) is 24.3 Å². The number of halogens is 2. The molecule has 5 nitrogen and oxygen atoms in total. The van der Waals surface area contributed by atoms with Crippen molar-refractivity contribution in [2.75, 3.05) is 13.2 Å². The summed E-state index contributed by atoms with van der Waals surface area (Å²) in [4.78, 5) is 0. The average molecular weight is 360 g/mol. The zero-order valence-corrected chi connectivity index (χ0v) is 14.9. The van der Waals surface area contributed by atoms with Crippen molar-refractivity contribution >= 4 is 24.0 Å². The molecule has 0 saturated heterocycles. The first-order chi connectivity index (χ1) is 10.5. The highest BCUT2D eigenvalue weighted by atomic mass is 35.5. The van der Waals surface area contributed by atoms with Crippen molar-refractivity contribution in [1.29, 1.82) is 0 Å². The maximum absolute atomic E-state index is 10.2. The van der Waals surface area contributed by atoms with E-state index in [2.05, 4.69) is 10.4 Å². The molecule has 0 bridgehead atoms. The average Bonchev–Trinajstić information content (AvgIpc) is 2.75. The minimum atomic E-state index is -0.605. The number of nitrogens with one attached hydrogen (secondary N) is 1. The van der Waals surface area contributed by atoms with Crippen LogP contribution in [0.25, 0.3) is 0 Å². The smallest absolute Gasteiger partial charge is 0.0915 e. The Labute approximate surface area is 147 Å². The standard InChI is InChI=1S/C16H22ClN3O2.ClH/c1-11-15(12(2)20(19-11)6-7-21)9-18-10-16(22)13-4-3-5-14(17)8-13;/h3-5,8,16,18,21-22H,6-7,9-10H2,1-2H3;1H. The van der Waals surface area contributed by atoms with Crippen LogP contribution in [-0.2, 0) is 13.1 Å². The summed E-state index contributed by atoms with van der Waals surface area (Å²) in [7, 11) is 0. The number of rotatable bonds is 7. The largest absolute Gasteiger partial charge is 0.394 e. The van der Waals surface area contributed by atoms with Crippen molar-refractivity contribution in [3.63, 3.8) is 0 Å². The van der Waals surface area contributed by atoms with Crippen molar-refractivity contribution in [2.45, 2.75) is 33.0 Å². The lowest BCUT2D eigenvalue weighted by atomic mass is 10.1. The molecule has 0 amide bonds. The van der Waals surface area contributed by atoms with E-state index in [4.69, 9.17) is 16.7 Å². The van der Waals surface area contributed by atoms with Gasteiger partial charge in [-0.15, -0.1) is 12.4 Å². The Morgan fingerprint density at radius 1 is 1.35 bits per heavy atom. The van der Waals surface area contributed by atoms with E-state index in [1.54, 1.807) is 16.8 Å². The Kier molecular flexibility index (Phi) is 8.02. The Bertz CT molecular complexity index is 632. The second-order valence-corrected chi connectivity index (χ2v) is 5.73. The van der Waals surface area contributed by atoms with Gasteiger partial charge in [-0.2, -0.15) is 5.10 Å². The molecule has 0 radical (unpaired) electrons. The highest BCUT2D eigenvalue weighted by molar-refractivity contribution is 6.30. The first-order valence-corrected chi connectivity index (χ1v) is 7.68. The topological polar surface area (TPSA) is 70.3 Å². The van der Waals surface area contributed by atoms with Gasteiger partial charge in [0.25, 0.3) is 0 Å². The van der Waals surface area contributed by atoms with Crippen molar-refractivity contribution in [3.05, 3.63) is 51.8 Å². The molecule has 1 atom stereocenters. The molecule has 1 aromatic heterocycles. The maximum Gasteiger partial charge on any atom is 0.0915 e. The minimum Gasteiger partial charge on any atom is -0.394 e. The fraction of sp³-hybridized carbons (Fsp3) is 0.438. The monoisotopic (exact) mass is 359 g/mol. The molecular weight excluding hydrogens is 337 g/mol. The second kappa shape index (κ2) is 9.25. The van der Waals surface area contributed by atoms with Crippen LogP contribution in [0.3, 0.4) is 0 Å². The summed E-state index contributed by atoms with van der Waals surface area (Å²) in [6.07, 6.45) is -0.605. The molecule has 2 rings (SSSR count). The summed E-state index contributed by atoms with van der Waals surface area (Å²) < 4.78 is 1.81. The number of hydrogen-bond acceptors (Lipinski definition) is 4. The number of hydrogen-bond donors (Lipinski definition) is 3. The van der Waals surface area contributed by atoms with Gasteiger partial charge in [-0.1, -0.05) is 23.7 Å². The quantitative estimate of drug-likeness (QED) is 0.709. The van der Waals surface area contributed by atoms with Crippen LogP contribution in [0.5, 0.6) is 0 Å². The van der Waals surface area contributed by atoms with Crippen LogP contribution in [0.1, 0.15) is 28.6 Å². The van der Waals surface area contributed by atoms with Gasteiger partial charge in [-0.3, -0.25) is 4.68 Å². The van der Waals surface area contributed by atoms with Crippen LogP contribution >= 0.6 is 24.0 Å². The van der Waals surface area contributed by atoms with E-state index in [0.29, 0.717) is 24.7 Å². The van der Waals surface area contributed by atoms with Crippen molar-refractivity contribution in [1.82, 2.24) is 15.1 Å². The summed E-state index contributed by atoms with van der Waals surface area (Å²) in [6, 6.07) is 7.24. The predicted octanol–water partition coefficient (Wildman–Crippen LogP) is 2.39.